The number of alkyl halides is 3. The second-order valence-electron chi connectivity index (χ2n) is 4.10. The van der Waals surface area contributed by atoms with Crippen LogP contribution in [0.25, 0.3) is 0 Å². The molecule has 2 aromatic rings. The predicted octanol–water partition coefficient (Wildman–Crippen LogP) is 3.95. The first kappa shape index (κ1) is 14.5. The molecule has 0 atom stereocenters. The van der Waals surface area contributed by atoms with E-state index in [2.05, 4.69) is 10.3 Å². The Bertz CT molecular complexity index is 614. The smallest absolute Gasteiger partial charge is 0.396 e. The van der Waals surface area contributed by atoms with Crippen molar-refractivity contribution >= 4 is 23.1 Å². The molecule has 3 nitrogen and oxygen atoms in total. The van der Waals surface area contributed by atoms with Crippen LogP contribution in [-0.2, 0) is 12.7 Å². The molecule has 3 N–H and O–H groups in total. The molecule has 1 aromatic carbocycles. The van der Waals surface area contributed by atoms with Crippen molar-refractivity contribution in [3.05, 3.63) is 52.7 Å². The van der Waals surface area contributed by atoms with Gasteiger partial charge >= 0.3 is 6.18 Å². The van der Waals surface area contributed by atoms with E-state index in [9.17, 15) is 13.2 Å². The molecular formula is C13H11ClF3N3. The molecule has 0 bridgehead atoms. The zero-order chi connectivity index (χ0) is 14.8. The highest BCUT2D eigenvalue weighted by molar-refractivity contribution is 6.30. The van der Waals surface area contributed by atoms with E-state index in [0.29, 0.717) is 10.8 Å². The molecule has 1 heterocycles. The molecule has 2 rings (SSSR count). The fraction of sp³-hybridized carbons (Fsp3) is 0.154. The molecular weight excluding hydrogens is 291 g/mol. The molecule has 0 unspecified atom stereocenters. The van der Waals surface area contributed by atoms with Crippen molar-refractivity contribution in [2.75, 3.05) is 11.1 Å². The molecule has 106 valence electrons. The summed E-state index contributed by atoms with van der Waals surface area (Å²) in [5, 5.41) is 3.14. The Hall–Kier alpha value is -1.95. The van der Waals surface area contributed by atoms with Gasteiger partial charge in [0.15, 0.2) is 0 Å². The number of nitrogens with zero attached hydrogens (tertiary/aromatic N) is 1. The van der Waals surface area contributed by atoms with Gasteiger partial charge in [-0.05, 0) is 17.7 Å². The lowest BCUT2D eigenvalue weighted by atomic mass is 10.1. The minimum Gasteiger partial charge on any atom is -0.396 e. The zero-order valence-corrected chi connectivity index (χ0v) is 11.0. The Morgan fingerprint density at radius 1 is 1.25 bits per heavy atom. The summed E-state index contributed by atoms with van der Waals surface area (Å²) in [7, 11) is 0. The summed E-state index contributed by atoms with van der Waals surface area (Å²) in [6, 6.07) is 6.82. The van der Waals surface area contributed by atoms with Gasteiger partial charge in [-0.3, -0.25) is 0 Å². The Balaban J connectivity index is 2.19. The maximum atomic E-state index is 12.8. The van der Waals surface area contributed by atoms with Crippen molar-refractivity contribution in [2.45, 2.75) is 12.7 Å². The number of nitrogens with two attached hydrogens (primary N) is 1. The zero-order valence-electron chi connectivity index (χ0n) is 10.2. The van der Waals surface area contributed by atoms with E-state index in [-0.39, 0.29) is 17.8 Å². The number of hydrogen-bond donors (Lipinski definition) is 2. The van der Waals surface area contributed by atoms with Crippen molar-refractivity contribution in [3.8, 4) is 0 Å². The van der Waals surface area contributed by atoms with E-state index in [1.807, 2.05) is 0 Å². The number of halogens is 4. The lowest BCUT2D eigenvalue weighted by molar-refractivity contribution is -0.138. The van der Waals surface area contributed by atoms with Crippen LogP contribution >= 0.6 is 11.6 Å². The first-order valence-corrected chi connectivity index (χ1v) is 6.05. The molecule has 0 radical (unpaired) electrons. The van der Waals surface area contributed by atoms with Gasteiger partial charge in [0.2, 0.25) is 0 Å². The predicted molar refractivity (Wildman–Crippen MR) is 72.4 cm³/mol. The number of anilines is 2. The second kappa shape index (κ2) is 5.58. The molecule has 0 amide bonds. The number of rotatable bonds is 3. The number of nitrogens with one attached hydrogen (secondary N) is 1. The normalized spacial score (nSPS) is 11.4. The van der Waals surface area contributed by atoms with Crippen molar-refractivity contribution < 1.29 is 13.2 Å². The summed E-state index contributed by atoms with van der Waals surface area (Å²) < 4.78 is 38.5. The number of benzene rings is 1. The topological polar surface area (TPSA) is 50.9 Å². The fourth-order valence-corrected chi connectivity index (χ4v) is 1.90. The summed E-state index contributed by atoms with van der Waals surface area (Å²) in [4.78, 5) is 3.94. The van der Waals surface area contributed by atoms with Crippen LogP contribution in [0.5, 0.6) is 0 Å². The van der Waals surface area contributed by atoms with Gasteiger partial charge in [0.25, 0.3) is 0 Å². The second-order valence-corrected chi connectivity index (χ2v) is 4.54. The molecule has 20 heavy (non-hydrogen) atoms. The highest BCUT2D eigenvalue weighted by atomic mass is 35.5. The van der Waals surface area contributed by atoms with Gasteiger partial charge in [-0.15, -0.1) is 0 Å². The molecule has 0 aliphatic carbocycles. The highest BCUT2D eigenvalue weighted by Gasteiger charge is 2.32. The van der Waals surface area contributed by atoms with Crippen molar-refractivity contribution in [3.63, 3.8) is 0 Å². The summed E-state index contributed by atoms with van der Waals surface area (Å²) in [5.41, 5.74) is 5.40. The Morgan fingerprint density at radius 2 is 1.95 bits per heavy atom. The molecule has 0 saturated heterocycles. The maximum Gasteiger partial charge on any atom is 0.416 e. The Labute approximate surface area is 118 Å². The van der Waals surface area contributed by atoms with Gasteiger partial charge in [0.1, 0.15) is 5.82 Å². The summed E-state index contributed by atoms with van der Waals surface area (Å²) in [6.45, 7) is -0.0332. The summed E-state index contributed by atoms with van der Waals surface area (Å²) in [6.07, 6.45) is -3.02. The fourth-order valence-electron chi connectivity index (χ4n) is 1.73. The maximum absolute atomic E-state index is 12.8. The van der Waals surface area contributed by atoms with Gasteiger partial charge in [-0.1, -0.05) is 29.8 Å². The molecule has 0 saturated carbocycles. The third kappa shape index (κ3) is 3.33. The number of nitrogen functional groups attached to an aromatic ring is 1. The van der Waals surface area contributed by atoms with Crippen LogP contribution in [0.3, 0.4) is 0 Å². The first-order valence-electron chi connectivity index (χ1n) is 5.68. The van der Waals surface area contributed by atoms with Crippen LogP contribution in [0.2, 0.25) is 5.02 Å². The highest BCUT2D eigenvalue weighted by Crippen LogP contribution is 2.32. The monoisotopic (exact) mass is 301 g/mol. The van der Waals surface area contributed by atoms with Gasteiger partial charge in [-0.25, -0.2) is 4.98 Å². The molecule has 0 fully saturated rings. The van der Waals surface area contributed by atoms with Crippen molar-refractivity contribution in [1.29, 1.82) is 0 Å². The van der Waals surface area contributed by atoms with E-state index in [4.69, 9.17) is 17.3 Å². The summed E-state index contributed by atoms with van der Waals surface area (Å²) in [5.74, 6) is 0.298. The van der Waals surface area contributed by atoms with Gasteiger partial charge in [-0.2, -0.15) is 13.2 Å². The lowest BCUT2D eigenvalue weighted by Gasteiger charge is -2.14. The van der Waals surface area contributed by atoms with Crippen LogP contribution in [0.1, 0.15) is 11.1 Å². The molecule has 7 heteroatoms. The largest absolute Gasteiger partial charge is 0.416 e. The molecule has 0 aliphatic rings. The lowest BCUT2D eigenvalue weighted by Crippen LogP contribution is -2.12. The minimum absolute atomic E-state index is 0.0332. The van der Waals surface area contributed by atoms with Crippen molar-refractivity contribution in [1.82, 2.24) is 4.98 Å². The van der Waals surface area contributed by atoms with E-state index in [1.165, 1.54) is 24.4 Å². The quantitative estimate of drug-likeness (QED) is 0.902. The van der Waals surface area contributed by atoms with Crippen LogP contribution in [-0.4, -0.2) is 4.98 Å². The Kier molecular flexibility index (Phi) is 4.04. The molecule has 0 spiro atoms. The third-order valence-corrected chi connectivity index (χ3v) is 2.86. The Morgan fingerprint density at radius 3 is 2.60 bits per heavy atom. The number of hydrogen-bond acceptors (Lipinski definition) is 3. The van der Waals surface area contributed by atoms with Gasteiger partial charge in [0, 0.05) is 12.7 Å². The van der Waals surface area contributed by atoms with E-state index >= 15 is 0 Å². The number of pyridine rings is 1. The van der Waals surface area contributed by atoms with Crippen LogP contribution in [0, 0.1) is 0 Å². The van der Waals surface area contributed by atoms with E-state index < -0.39 is 11.7 Å². The number of aromatic nitrogens is 1. The summed E-state index contributed by atoms with van der Waals surface area (Å²) >= 11 is 5.70. The van der Waals surface area contributed by atoms with Crippen LogP contribution in [0.4, 0.5) is 24.7 Å². The SMILES string of the molecule is Nc1cc(Cl)cnc1NCc1ccccc1C(F)(F)F. The average molecular weight is 302 g/mol. The van der Waals surface area contributed by atoms with E-state index in [1.54, 1.807) is 6.07 Å². The standard InChI is InChI=1S/C13H11ClF3N3/c14-9-5-11(18)12(20-7-9)19-6-8-3-1-2-4-10(8)13(15,16)17/h1-5,7H,6,18H2,(H,19,20). The third-order valence-electron chi connectivity index (χ3n) is 2.65. The van der Waals surface area contributed by atoms with Gasteiger partial charge < -0.3 is 11.1 Å². The van der Waals surface area contributed by atoms with Crippen LogP contribution < -0.4 is 11.1 Å². The molecule has 1 aromatic heterocycles. The minimum atomic E-state index is -4.39. The first-order chi connectivity index (χ1) is 9.38. The van der Waals surface area contributed by atoms with Gasteiger partial charge in [0.05, 0.1) is 16.3 Å². The average Bonchev–Trinajstić information content (AvgIpc) is 2.37. The molecule has 0 aliphatic heterocycles. The van der Waals surface area contributed by atoms with E-state index in [0.717, 1.165) is 6.07 Å². The van der Waals surface area contributed by atoms with Crippen LogP contribution in [0.15, 0.2) is 36.5 Å². The van der Waals surface area contributed by atoms with Crippen molar-refractivity contribution in [2.24, 2.45) is 0 Å².